The molecule has 168 valence electrons. The van der Waals surface area contributed by atoms with E-state index < -0.39 is 5.91 Å². The first kappa shape index (κ1) is 21.6. The number of nitrogens with one attached hydrogen (secondary N) is 1. The molecule has 0 saturated carbocycles. The van der Waals surface area contributed by atoms with Crippen LogP contribution < -0.4 is 28.1 Å². The van der Waals surface area contributed by atoms with E-state index in [1.165, 1.54) is 4.68 Å². The predicted molar refractivity (Wildman–Crippen MR) is 130 cm³/mol. The van der Waals surface area contributed by atoms with Gasteiger partial charge in [-0.15, -0.1) is 5.10 Å². The van der Waals surface area contributed by atoms with Crippen LogP contribution in [0.1, 0.15) is 23.1 Å². The second-order valence-electron chi connectivity index (χ2n) is 7.28. The van der Waals surface area contributed by atoms with Gasteiger partial charge >= 0.3 is 0 Å². The fourth-order valence-electron chi connectivity index (χ4n) is 3.66. The molecule has 1 aliphatic heterocycles. The van der Waals surface area contributed by atoms with E-state index in [4.69, 9.17) is 17.2 Å². The highest BCUT2D eigenvalue weighted by atomic mass is 16.1. The topological polar surface area (TPSA) is 160 Å². The van der Waals surface area contributed by atoms with Crippen molar-refractivity contribution >= 4 is 40.3 Å². The zero-order valence-electron chi connectivity index (χ0n) is 18.0. The summed E-state index contributed by atoms with van der Waals surface area (Å²) in [4.78, 5) is 28.3. The van der Waals surface area contributed by atoms with Crippen LogP contribution in [0.4, 0.5) is 17.3 Å². The lowest BCUT2D eigenvalue weighted by Crippen LogP contribution is -2.24. The van der Waals surface area contributed by atoms with Crippen LogP contribution in [0.25, 0.3) is 22.8 Å². The van der Waals surface area contributed by atoms with Crippen LogP contribution in [-0.4, -0.2) is 31.8 Å². The Bertz CT molecular complexity index is 1420. The summed E-state index contributed by atoms with van der Waals surface area (Å²) in [6, 6.07) is 14.9. The van der Waals surface area contributed by atoms with Crippen molar-refractivity contribution in [2.75, 3.05) is 23.3 Å². The number of nitrogens with two attached hydrogens (primary N) is 3. The second kappa shape index (κ2) is 8.87. The number of rotatable bonds is 3. The Balaban J connectivity index is 0.000000172. The SMILES string of the molecule is CCc1nc2cccc(N)c2c(=O)n1-c1ccccc1.NC(=O)c1c(N)nn2c1NCC=C2. The summed E-state index contributed by atoms with van der Waals surface area (Å²) < 4.78 is 3.14. The Morgan fingerprint density at radius 1 is 1.12 bits per heavy atom. The molecule has 0 saturated heterocycles. The quantitative estimate of drug-likeness (QED) is 0.351. The van der Waals surface area contributed by atoms with Crippen LogP contribution in [0.15, 0.2) is 59.4 Å². The molecule has 10 heteroatoms. The lowest BCUT2D eigenvalue weighted by Gasteiger charge is -2.13. The molecule has 5 rings (SSSR count). The van der Waals surface area contributed by atoms with E-state index in [0.717, 1.165) is 11.5 Å². The Morgan fingerprint density at radius 2 is 1.88 bits per heavy atom. The molecule has 0 atom stereocenters. The highest BCUT2D eigenvalue weighted by molar-refractivity contribution is 6.02. The number of nitrogen functional groups attached to an aromatic ring is 2. The summed E-state index contributed by atoms with van der Waals surface area (Å²) in [5, 5.41) is 7.36. The molecule has 0 aliphatic carbocycles. The van der Waals surface area contributed by atoms with Gasteiger partial charge in [0.05, 0.1) is 16.6 Å². The normalized spacial score (nSPS) is 11.9. The minimum atomic E-state index is -0.568. The molecule has 2 aromatic carbocycles. The number of para-hydroxylation sites is 1. The average Bonchev–Trinajstić information content (AvgIpc) is 3.15. The molecule has 3 heterocycles. The van der Waals surface area contributed by atoms with Gasteiger partial charge in [-0.05, 0) is 30.3 Å². The number of aromatic nitrogens is 4. The summed E-state index contributed by atoms with van der Waals surface area (Å²) in [5.41, 5.74) is 18.7. The maximum atomic E-state index is 12.8. The molecular formula is C23H24N8O2. The largest absolute Gasteiger partial charge is 0.398 e. The van der Waals surface area contributed by atoms with Gasteiger partial charge in [0.25, 0.3) is 11.5 Å². The van der Waals surface area contributed by atoms with E-state index in [2.05, 4.69) is 15.4 Å². The van der Waals surface area contributed by atoms with Crippen molar-refractivity contribution in [3.63, 3.8) is 0 Å². The average molecular weight is 444 g/mol. The molecule has 1 aliphatic rings. The van der Waals surface area contributed by atoms with E-state index in [1.807, 2.05) is 55.5 Å². The molecule has 0 fully saturated rings. The number of benzene rings is 2. The maximum Gasteiger partial charge on any atom is 0.268 e. The molecule has 0 bridgehead atoms. The molecule has 0 radical (unpaired) electrons. The summed E-state index contributed by atoms with van der Waals surface area (Å²) in [7, 11) is 0. The number of carbonyl (C=O) groups excluding carboxylic acids is 1. The molecule has 0 unspecified atom stereocenters. The van der Waals surface area contributed by atoms with Gasteiger partial charge in [0.2, 0.25) is 0 Å². The number of hydrogen-bond donors (Lipinski definition) is 4. The van der Waals surface area contributed by atoms with Gasteiger partial charge in [-0.3, -0.25) is 14.2 Å². The van der Waals surface area contributed by atoms with E-state index >= 15 is 0 Å². The molecule has 10 nitrogen and oxygen atoms in total. The third-order valence-corrected chi connectivity index (χ3v) is 5.15. The van der Waals surface area contributed by atoms with Crippen molar-refractivity contribution in [2.24, 2.45) is 5.73 Å². The van der Waals surface area contributed by atoms with Gasteiger partial charge in [-0.2, -0.15) is 0 Å². The lowest BCUT2D eigenvalue weighted by molar-refractivity contribution is 0.100. The molecular weight excluding hydrogens is 420 g/mol. The van der Waals surface area contributed by atoms with Crippen LogP contribution in [0.5, 0.6) is 0 Å². The zero-order valence-corrected chi connectivity index (χ0v) is 18.0. The minimum absolute atomic E-state index is 0.115. The van der Waals surface area contributed by atoms with Crippen molar-refractivity contribution in [2.45, 2.75) is 13.3 Å². The number of hydrogen-bond acceptors (Lipinski definition) is 7. The Hall–Kier alpha value is -4.60. The van der Waals surface area contributed by atoms with Crippen LogP contribution in [0, 0.1) is 0 Å². The Labute approximate surface area is 189 Å². The smallest absolute Gasteiger partial charge is 0.268 e. The number of nitrogens with zero attached hydrogens (tertiary/aromatic N) is 4. The molecule has 1 amide bonds. The van der Waals surface area contributed by atoms with Crippen molar-refractivity contribution in [3.8, 4) is 5.69 Å². The third kappa shape index (κ3) is 4.01. The third-order valence-electron chi connectivity index (χ3n) is 5.15. The predicted octanol–water partition coefficient (Wildman–Crippen LogP) is 1.99. The van der Waals surface area contributed by atoms with Gasteiger partial charge in [-0.25, -0.2) is 9.67 Å². The van der Waals surface area contributed by atoms with Crippen molar-refractivity contribution < 1.29 is 4.79 Å². The minimum Gasteiger partial charge on any atom is -0.398 e. The van der Waals surface area contributed by atoms with Crippen molar-refractivity contribution in [1.82, 2.24) is 19.3 Å². The van der Waals surface area contributed by atoms with E-state index in [-0.39, 0.29) is 16.9 Å². The first-order chi connectivity index (χ1) is 15.9. The fourth-order valence-corrected chi connectivity index (χ4v) is 3.66. The number of fused-ring (bicyclic) bond motifs is 2. The van der Waals surface area contributed by atoms with Gasteiger partial charge in [0.1, 0.15) is 17.2 Å². The van der Waals surface area contributed by atoms with Gasteiger partial charge < -0.3 is 22.5 Å². The monoisotopic (exact) mass is 444 g/mol. The summed E-state index contributed by atoms with van der Waals surface area (Å²) in [6.45, 7) is 2.63. The van der Waals surface area contributed by atoms with Crippen LogP contribution >= 0.6 is 0 Å². The van der Waals surface area contributed by atoms with Gasteiger partial charge in [0, 0.05) is 24.9 Å². The number of anilines is 3. The lowest BCUT2D eigenvalue weighted by atomic mass is 10.2. The summed E-state index contributed by atoms with van der Waals surface area (Å²) in [5.74, 6) is 0.884. The zero-order chi connectivity index (χ0) is 23.5. The second-order valence-corrected chi connectivity index (χ2v) is 7.28. The Kier molecular flexibility index (Phi) is 5.81. The Morgan fingerprint density at radius 3 is 2.58 bits per heavy atom. The molecule has 0 spiro atoms. The van der Waals surface area contributed by atoms with Crippen LogP contribution in [0.3, 0.4) is 0 Å². The first-order valence-corrected chi connectivity index (χ1v) is 10.4. The number of amides is 1. The first-order valence-electron chi connectivity index (χ1n) is 10.4. The molecule has 7 N–H and O–H groups in total. The standard InChI is InChI=1S/C16H15N3O.C7H9N5O/c1-2-14-18-13-10-6-9-12(17)15(13)16(20)19(14)11-7-4-3-5-8-11;8-5-4(6(9)13)7-10-2-1-3-12(7)11-5/h3-10H,2,17H2,1H3;1,3,10H,2H2,(H2,8,11)(H2,9,13). The summed E-state index contributed by atoms with van der Waals surface area (Å²) >= 11 is 0. The van der Waals surface area contributed by atoms with E-state index in [9.17, 15) is 9.59 Å². The highest BCUT2D eigenvalue weighted by Gasteiger charge is 2.20. The van der Waals surface area contributed by atoms with Crippen LogP contribution in [0.2, 0.25) is 0 Å². The van der Waals surface area contributed by atoms with E-state index in [1.54, 1.807) is 16.8 Å². The molecule has 2 aromatic heterocycles. The highest BCUT2D eigenvalue weighted by Crippen LogP contribution is 2.23. The van der Waals surface area contributed by atoms with Crippen molar-refractivity contribution in [3.05, 3.63) is 76.3 Å². The number of aryl methyl sites for hydroxylation is 1. The number of carbonyl (C=O) groups is 1. The molecule has 33 heavy (non-hydrogen) atoms. The number of primary amides is 1. The summed E-state index contributed by atoms with van der Waals surface area (Å²) in [6.07, 6.45) is 4.27. The van der Waals surface area contributed by atoms with Gasteiger partial charge in [0.15, 0.2) is 5.82 Å². The van der Waals surface area contributed by atoms with E-state index in [0.29, 0.717) is 35.4 Å². The van der Waals surface area contributed by atoms with Crippen LogP contribution in [-0.2, 0) is 6.42 Å². The van der Waals surface area contributed by atoms with Crippen molar-refractivity contribution in [1.29, 1.82) is 0 Å². The molecule has 4 aromatic rings. The van der Waals surface area contributed by atoms with Gasteiger partial charge in [-0.1, -0.05) is 31.2 Å². The fraction of sp³-hybridized carbons (Fsp3) is 0.130. The maximum absolute atomic E-state index is 12.8.